The second-order valence-corrected chi connectivity index (χ2v) is 14.4. The minimum absolute atomic E-state index is 1.13. The van der Waals surface area contributed by atoms with Crippen LogP contribution < -0.4 is 4.90 Å². The molecule has 10 rings (SSSR count). The minimum atomic E-state index is 1.13. The number of hydrogen-bond acceptors (Lipinski definition) is 2. The van der Waals surface area contributed by atoms with E-state index in [-0.39, 0.29) is 0 Å². The third-order valence-electron chi connectivity index (χ3n) is 10.3. The lowest BCUT2D eigenvalue weighted by molar-refractivity contribution is 1.32. The van der Waals surface area contributed by atoms with Crippen molar-refractivity contribution in [2.24, 2.45) is 0 Å². The van der Waals surface area contributed by atoms with E-state index in [0.717, 1.165) is 5.69 Å². The molecular weight excluding hydrogens is 647 g/mol. The number of anilines is 3. The summed E-state index contributed by atoms with van der Waals surface area (Å²) in [6, 6.07) is 72.9. The number of nitrogens with zero attached hydrogens (tertiary/aromatic N) is 1. The van der Waals surface area contributed by atoms with Crippen molar-refractivity contribution in [3.8, 4) is 33.4 Å². The number of thiophene rings is 1. The Morgan fingerprint density at radius 1 is 0.308 bits per heavy atom. The highest BCUT2D eigenvalue weighted by molar-refractivity contribution is 7.26. The molecule has 1 heterocycles. The van der Waals surface area contributed by atoms with E-state index in [4.69, 9.17) is 0 Å². The molecule has 0 aliphatic heterocycles. The van der Waals surface area contributed by atoms with E-state index in [9.17, 15) is 0 Å². The van der Waals surface area contributed by atoms with Crippen molar-refractivity contribution < 1.29 is 0 Å². The average Bonchev–Trinajstić information content (AvgIpc) is 3.61. The molecule has 0 aliphatic carbocycles. The van der Waals surface area contributed by atoms with Crippen LogP contribution >= 0.6 is 11.3 Å². The first kappa shape index (κ1) is 30.4. The molecule has 0 N–H and O–H groups in total. The normalized spacial score (nSPS) is 11.5. The van der Waals surface area contributed by atoms with E-state index in [1.165, 1.54) is 86.5 Å². The SMILES string of the molecule is c1ccc(-c2cccc(-c3ccc(-c4ccc(N(c5cc6ccccc6c6ccccc56)c5cccc6c5sc5ccccc56)cc4)cc3)c2)cc1. The highest BCUT2D eigenvalue weighted by Crippen LogP contribution is 2.47. The predicted octanol–water partition coefficient (Wildman–Crippen LogP) is 14.8. The summed E-state index contributed by atoms with van der Waals surface area (Å²) in [5.41, 5.74) is 10.8. The van der Waals surface area contributed by atoms with Crippen LogP contribution in [-0.2, 0) is 0 Å². The second-order valence-electron chi connectivity index (χ2n) is 13.3. The molecule has 0 atom stereocenters. The van der Waals surface area contributed by atoms with Gasteiger partial charge in [0, 0.05) is 26.5 Å². The van der Waals surface area contributed by atoms with Gasteiger partial charge in [0.25, 0.3) is 0 Å². The van der Waals surface area contributed by atoms with Gasteiger partial charge in [0.1, 0.15) is 0 Å². The lowest BCUT2D eigenvalue weighted by atomic mass is 9.97. The standard InChI is InChI=1S/C50H33NS/c1-2-12-34(13-3-1)38-15-10-16-39(32-38)37-26-24-35(25-27-37)36-28-30-41(31-29-36)51(47-22-11-21-46-45-20-8-9-23-49(45)52-50(46)47)48-33-40-14-4-5-17-42(40)43-18-6-7-19-44(43)48/h1-33H. The summed E-state index contributed by atoms with van der Waals surface area (Å²) >= 11 is 1.87. The van der Waals surface area contributed by atoms with Crippen molar-refractivity contribution in [1.82, 2.24) is 0 Å². The Balaban J connectivity index is 1.08. The summed E-state index contributed by atoms with van der Waals surface area (Å²) in [4.78, 5) is 2.47. The van der Waals surface area contributed by atoms with Crippen LogP contribution in [-0.4, -0.2) is 0 Å². The van der Waals surface area contributed by atoms with Crippen LogP contribution in [0, 0.1) is 0 Å². The number of benzene rings is 9. The minimum Gasteiger partial charge on any atom is -0.308 e. The Morgan fingerprint density at radius 2 is 0.827 bits per heavy atom. The van der Waals surface area contributed by atoms with Crippen LogP contribution in [0.1, 0.15) is 0 Å². The lowest BCUT2D eigenvalue weighted by Crippen LogP contribution is -2.10. The second kappa shape index (κ2) is 12.7. The molecule has 0 aliphatic rings. The third kappa shape index (κ3) is 5.24. The first-order chi connectivity index (χ1) is 25.8. The molecular formula is C50H33NS. The van der Waals surface area contributed by atoms with Gasteiger partial charge in [-0.3, -0.25) is 0 Å². The number of fused-ring (bicyclic) bond motifs is 6. The molecule has 0 unspecified atom stereocenters. The van der Waals surface area contributed by atoms with Crippen molar-refractivity contribution in [1.29, 1.82) is 0 Å². The quantitative estimate of drug-likeness (QED) is 0.158. The maximum atomic E-state index is 2.47. The molecule has 1 aromatic heterocycles. The molecule has 0 radical (unpaired) electrons. The smallest absolute Gasteiger partial charge is 0.0640 e. The molecule has 1 nitrogen and oxygen atoms in total. The molecule has 0 spiro atoms. The van der Waals surface area contributed by atoms with Crippen molar-refractivity contribution in [3.63, 3.8) is 0 Å². The lowest BCUT2D eigenvalue weighted by Gasteiger charge is -2.28. The van der Waals surface area contributed by atoms with E-state index >= 15 is 0 Å². The van der Waals surface area contributed by atoms with Gasteiger partial charge in [-0.25, -0.2) is 0 Å². The van der Waals surface area contributed by atoms with E-state index < -0.39 is 0 Å². The zero-order chi connectivity index (χ0) is 34.4. The Bertz CT molecular complexity index is 2890. The fourth-order valence-corrected chi connectivity index (χ4v) is 8.91. The predicted molar refractivity (Wildman–Crippen MR) is 225 cm³/mol. The van der Waals surface area contributed by atoms with Gasteiger partial charge in [-0.1, -0.05) is 164 Å². The first-order valence-electron chi connectivity index (χ1n) is 17.8. The van der Waals surface area contributed by atoms with E-state index in [0.29, 0.717) is 0 Å². The molecule has 0 bridgehead atoms. The van der Waals surface area contributed by atoms with Crippen LogP contribution in [0.4, 0.5) is 17.1 Å². The Labute approximate surface area is 307 Å². The topological polar surface area (TPSA) is 3.24 Å². The van der Waals surface area contributed by atoms with Crippen molar-refractivity contribution in [3.05, 3.63) is 200 Å². The monoisotopic (exact) mass is 679 g/mol. The highest BCUT2D eigenvalue weighted by Gasteiger charge is 2.21. The van der Waals surface area contributed by atoms with E-state index in [1.807, 2.05) is 11.3 Å². The average molecular weight is 680 g/mol. The number of rotatable bonds is 6. The molecule has 10 aromatic rings. The molecule has 9 aromatic carbocycles. The zero-order valence-corrected chi connectivity index (χ0v) is 29.2. The van der Waals surface area contributed by atoms with Gasteiger partial charge >= 0.3 is 0 Å². The van der Waals surface area contributed by atoms with Gasteiger partial charge in [0.2, 0.25) is 0 Å². The van der Waals surface area contributed by atoms with E-state index in [1.54, 1.807) is 0 Å². The summed E-state index contributed by atoms with van der Waals surface area (Å²) < 4.78 is 2.59. The van der Waals surface area contributed by atoms with Crippen LogP contribution in [0.25, 0.3) is 75.1 Å². The van der Waals surface area contributed by atoms with Gasteiger partial charge in [-0.2, -0.15) is 0 Å². The van der Waals surface area contributed by atoms with Gasteiger partial charge in [-0.15, -0.1) is 11.3 Å². The molecule has 244 valence electrons. The van der Waals surface area contributed by atoms with Crippen molar-refractivity contribution in [2.45, 2.75) is 0 Å². The largest absolute Gasteiger partial charge is 0.308 e. The van der Waals surface area contributed by atoms with Gasteiger partial charge in [-0.05, 0) is 85.9 Å². The Morgan fingerprint density at radius 3 is 1.58 bits per heavy atom. The summed E-state index contributed by atoms with van der Waals surface area (Å²) in [6.07, 6.45) is 0. The van der Waals surface area contributed by atoms with Gasteiger partial charge in [0.15, 0.2) is 0 Å². The summed E-state index contributed by atoms with van der Waals surface area (Å²) in [5.74, 6) is 0. The van der Waals surface area contributed by atoms with Crippen LogP contribution in [0.2, 0.25) is 0 Å². The molecule has 0 saturated carbocycles. The van der Waals surface area contributed by atoms with Gasteiger partial charge in [0.05, 0.1) is 16.1 Å². The maximum absolute atomic E-state index is 2.47. The fraction of sp³-hybridized carbons (Fsp3) is 0. The van der Waals surface area contributed by atoms with Crippen LogP contribution in [0.3, 0.4) is 0 Å². The van der Waals surface area contributed by atoms with Crippen molar-refractivity contribution >= 4 is 70.1 Å². The molecule has 0 saturated heterocycles. The molecule has 0 fully saturated rings. The first-order valence-corrected chi connectivity index (χ1v) is 18.6. The third-order valence-corrected chi connectivity index (χ3v) is 11.5. The summed E-state index contributed by atoms with van der Waals surface area (Å²) in [7, 11) is 0. The van der Waals surface area contributed by atoms with Gasteiger partial charge < -0.3 is 4.90 Å². The zero-order valence-electron chi connectivity index (χ0n) is 28.4. The molecule has 52 heavy (non-hydrogen) atoms. The summed E-state index contributed by atoms with van der Waals surface area (Å²) in [5, 5.41) is 7.59. The Hall–Kier alpha value is -6.48. The Kier molecular flexibility index (Phi) is 7.41. The molecule has 0 amide bonds. The molecule has 2 heteroatoms. The summed E-state index contributed by atoms with van der Waals surface area (Å²) in [6.45, 7) is 0. The van der Waals surface area contributed by atoms with Crippen molar-refractivity contribution in [2.75, 3.05) is 4.90 Å². The van der Waals surface area contributed by atoms with Crippen LogP contribution in [0.15, 0.2) is 200 Å². The maximum Gasteiger partial charge on any atom is 0.0640 e. The van der Waals surface area contributed by atoms with E-state index in [2.05, 4.69) is 205 Å². The fourth-order valence-electron chi connectivity index (χ4n) is 7.70. The highest BCUT2D eigenvalue weighted by atomic mass is 32.1. The number of hydrogen-bond donors (Lipinski definition) is 0. The van der Waals surface area contributed by atoms with Crippen LogP contribution in [0.5, 0.6) is 0 Å².